The summed E-state index contributed by atoms with van der Waals surface area (Å²) in [7, 11) is 4.31. The van der Waals surface area contributed by atoms with E-state index in [-0.39, 0.29) is 0 Å². The van der Waals surface area contributed by atoms with E-state index in [0.29, 0.717) is 0 Å². The van der Waals surface area contributed by atoms with Crippen molar-refractivity contribution in [3.8, 4) is 0 Å². The van der Waals surface area contributed by atoms with Crippen molar-refractivity contribution in [1.82, 2.24) is 15.1 Å². The van der Waals surface area contributed by atoms with Crippen molar-refractivity contribution >= 4 is 0 Å². The summed E-state index contributed by atoms with van der Waals surface area (Å²) in [5, 5.41) is 3.85. The highest BCUT2D eigenvalue weighted by Gasteiger charge is 2.39. The van der Waals surface area contributed by atoms with E-state index in [1.165, 1.54) is 32.4 Å². The van der Waals surface area contributed by atoms with Crippen LogP contribution < -0.4 is 5.32 Å². The zero-order valence-electron chi connectivity index (χ0n) is 12.7. The quantitative estimate of drug-likeness (QED) is 0.804. The van der Waals surface area contributed by atoms with E-state index in [1.54, 1.807) is 0 Å². The normalized spacial score (nSPS) is 33.3. The van der Waals surface area contributed by atoms with E-state index in [9.17, 15) is 0 Å². The van der Waals surface area contributed by atoms with Crippen LogP contribution in [-0.2, 0) is 0 Å². The molecule has 3 nitrogen and oxygen atoms in total. The third-order valence-corrected chi connectivity index (χ3v) is 4.77. The van der Waals surface area contributed by atoms with Gasteiger partial charge in [-0.05, 0) is 52.6 Å². The average Bonchev–Trinajstić information content (AvgIpc) is 2.27. The smallest absolute Gasteiger partial charge is 0.0148 e. The molecule has 2 rings (SSSR count). The van der Waals surface area contributed by atoms with Gasteiger partial charge in [0.2, 0.25) is 0 Å². The van der Waals surface area contributed by atoms with Crippen molar-refractivity contribution in [2.45, 2.75) is 45.2 Å². The van der Waals surface area contributed by atoms with Gasteiger partial charge in [0.25, 0.3) is 0 Å². The minimum atomic E-state index is 0.718. The van der Waals surface area contributed by atoms with Gasteiger partial charge < -0.3 is 15.1 Å². The molecule has 0 aromatic heterocycles. The molecule has 2 atom stereocenters. The van der Waals surface area contributed by atoms with Crippen LogP contribution >= 0.6 is 0 Å². The molecule has 3 heteroatoms. The minimum absolute atomic E-state index is 0.718. The Kier molecular flexibility index (Phi) is 5.05. The van der Waals surface area contributed by atoms with Gasteiger partial charge in [0.1, 0.15) is 0 Å². The predicted molar refractivity (Wildman–Crippen MR) is 77.9 cm³/mol. The lowest BCUT2D eigenvalue weighted by molar-refractivity contribution is 0.0293. The fourth-order valence-corrected chi connectivity index (χ4v) is 3.68. The van der Waals surface area contributed by atoms with Crippen molar-refractivity contribution < 1.29 is 0 Å². The van der Waals surface area contributed by atoms with Crippen LogP contribution in [0.5, 0.6) is 0 Å². The topological polar surface area (TPSA) is 18.5 Å². The highest BCUT2D eigenvalue weighted by molar-refractivity contribution is 4.95. The number of rotatable bonds is 5. The van der Waals surface area contributed by atoms with Crippen molar-refractivity contribution in [3.63, 3.8) is 0 Å². The zero-order valence-corrected chi connectivity index (χ0v) is 12.7. The third kappa shape index (κ3) is 3.46. The van der Waals surface area contributed by atoms with E-state index in [4.69, 9.17) is 0 Å². The first kappa shape index (κ1) is 14.3. The Bertz CT molecular complexity index is 238. The molecule has 1 saturated heterocycles. The van der Waals surface area contributed by atoms with Crippen LogP contribution in [0, 0.1) is 11.8 Å². The maximum absolute atomic E-state index is 3.85. The van der Waals surface area contributed by atoms with Gasteiger partial charge in [-0.15, -0.1) is 0 Å². The Morgan fingerprint density at radius 2 is 1.78 bits per heavy atom. The summed E-state index contributed by atoms with van der Waals surface area (Å²) >= 11 is 0. The number of fused-ring (bicyclic) bond motifs is 2. The van der Waals surface area contributed by atoms with Gasteiger partial charge in [-0.2, -0.15) is 0 Å². The molecule has 0 radical (unpaired) electrons. The van der Waals surface area contributed by atoms with Crippen molar-refractivity contribution in [1.29, 1.82) is 0 Å². The molecule has 1 heterocycles. The zero-order chi connectivity index (χ0) is 13.1. The summed E-state index contributed by atoms with van der Waals surface area (Å²) in [4.78, 5) is 4.96. The van der Waals surface area contributed by atoms with Crippen LogP contribution in [0.3, 0.4) is 0 Å². The van der Waals surface area contributed by atoms with Gasteiger partial charge in [-0.3, -0.25) is 0 Å². The standard InChI is InChI=1S/C15H31N3/c1-12(2)18-10-13-6-5-7-14(11-18)15(13)16-8-9-17(3)4/h12-16H,5-11H2,1-4H3. The second-order valence-electron chi connectivity index (χ2n) is 6.78. The largest absolute Gasteiger partial charge is 0.312 e. The molecule has 106 valence electrons. The first-order valence-electron chi connectivity index (χ1n) is 7.70. The second kappa shape index (κ2) is 6.36. The third-order valence-electron chi connectivity index (χ3n) is 4.77. The molecule has 2 unspecified atom stereocenters. The Morgan fingerprint density at radius 3 is 2.28 bits per heavy atom. The molecule has 2 fully saturated rings. The van der Waals surface area contributed by atoms with E-state index in [2.05, 4.69) is 43.1 Å². The molecule has 1 aliphatic carbocycles. The monoisotopic (exact) mass is 253 g/mol. The van der Waals surface area contributed by atoms with E-state index >= 15 is 0 Å². The highest BCUT2D eigenvalue weighted by atomic mass is 15.2. The average molecular weight is 253 g/mol. The van der Waals surface area contributed by atoms with Crippen LogP contribution in [0.25, 0.3) is 0 Å². The molecular formula is C15H31N3. The Morgan fingerprint density at radius 1 is 1.17 bits per heavy atom. The van der Waals surface area contributed by atoms with Gasteiger partial charge in [-0.1, -0.05) is 6.42 Å². The van der Waals surface area contributed by atoms with E-state index < -0.39 is 0 Å². The molecule has 0 aromatic carbocycles. The SMILES string of the molecule is CC(C)N1CC2CCCC(C1)C2NCCN(C)C. The number of hydrogen-bond acceptors (Lipinski definition) is 3. The number of piperidine rings is 1. The van der Waals surface area contributed by atoms with Crippen LogP contribution in [0.15, 0.2) is 0 Å². The lowest BCUT2D eigenvalue weighted by atomic mass is 9.73. The maximum atomic E-state index is 3.85. The van der Waals surface area contributed by atoms with Gasteiger partial charge in [0.15, 0.2) is 0 Å². The number of hydrogen-bond donors (Lipinski definition) is 1. The summed E-state index contributed by atoms with van der Waals surface area (Å²) in [5.41, 5.74) is 0. The Hall–Kier alpha value is -0.120. The van der Waals surface area contributed by atoms with Crippen molar-refractivity contribution in [2.24, 2.45) is 11.8 Å². The highest BCUT2D eigenvalue weighted by Crippen LogP contribution is 2.35. The van der Waals surface area contributed by atoms with Gasteiger partial charge >= 0.3 is 0 Å². The first-order chi connectivity index (χ1) is 8.58. The molecule has 0 aromatic rings. The summed E-state index contributed by atoms with van der Waals surface area (Å²) in [5.74, 6) is 1.78. The number of nitrogens with one attached hydrogen (secondary N) is 1. The fraction of sp³-hybridized carbons (Fsp3) is 1.00. The molecule has 1 N–H and O–H groups in total. The van der Waals surface area contributed by atoms with Gasteiger partial charge in [0.05, 0.1) is 0 Å². The maximum Gasteiger partial charge on any atom is 0.0148 e. The Balaban J connectivity index is 1.87. The van der Waals surface area contributed by atoms with E-state index in [1.807, 2.05) is 0 Å². The molecule has 0 amide bonds. The summed E-state index contributed by atoms with van der Waals surface area (Å²) in [6.07, 6.45) is 4.31. The summed E-state index contributed by atoms with van der Waals surface area (Å²) < 4.78 is 0. The van der Waals surface area contributed by atoms with Crippen molar-refractivity contribution in [3.05, 3.63) is 0 Å². The number of nitrogens with zero attached hydrogens (tertiary/aromatic N) is 2. The number of likely N-dealkylation sites (N-methyl/N-ethyl adjacent to an activating group) is 1. The Labute approximate surface area is 113 Å². The molecule has 2 bridgehead atoms. The van der Waals surface area contributed by atoms with E-state index in [0.717, 1.165) is 37.0 Å². The molecule has 0 spiro atoms. The minimum Gasteiger partial charge on any atom is -0.312 e. The van der Waals surface area contributed by atoms with Crippen LogP contribution in [0.2, 0.25) is 0 Å². The lowest BCUT2D eigenvalue weighted by Crippen LogP contribution is -2.58. The predicted octanol–water partition coefficient (Wildman–Crippen LogP) is 1.65. The van der Waals surface area contributed by atoms with Crippen LogP contribution in [0.4, 0.5) is 0 Å². The molecule has 1 aliphatic heterocycles. The molecule has 18 heavy (non-hydrogen) atoms. The summed E-state index contributed by atoms with van der Waals surface area (Å²) in [6, 6.07) is 1.50. The first-order valence-corrected chi connectivity index (χ1v) is 7.70. The molecule has 1 saturated carbocycles. The molecular weight excluding hydrogens is 222 g/mol. The van der Waals surface area contributed by atoms with Crippen LogP contribution in [0.1, 0.15) is 33.1 Å². The van der Waals surface area contributed by atoms with Gasteiger partial charge in [-0.25, -0.2) is 0 Å². The summed E-state index contributed by atoms with van der Waals surface area (Å²) in [6.45, 7) is 9.61. The fourth-order valence-electron chi connectivity index (χ4n) is 3.68. The van der Waals surface area contributed by atoms with Crippen molar-refractivity contribution in [2.75, 3.05) is 40.3 Å². The number of likely N-dealkylation sites (tertiary alicyclic amines) is 1. The lowest BCUT2D eigenvalue weighted by Gasteiger charge is -2.49. The van der Waals surface area contributed by atoms with Gasteiger partial charge in [0, 0.05) is 38.3 Å². The second-order valence-corrected chi connectivity index (χ2v) is 6.78. The molecule has 2 aliphatic rings. The van der Waals surface area contributed by atoms with Crippen LogP contribution in [-0.4, -0.2) is 62.2 Å².